The van der Waals surface area contributed by atoms with Gasteiger partial charge in [0.05, 0.1) is 23.9 Å². The molecule has 1 amide bonds. The number of ketones is 1. The number of benzene rings is 2. The van der Waals surface area contributed by atoms with Gasteiger partial charge in [0.15, 0.2) is 11.5 Å². The van der Waals surface area contributed by atoms with Crippen LogP contribution in [-0.4, -0.2) is 54.4 Å². The number of Topliss-reactive ketones (excluding diaryl/α,β-unsaturated/α-hetero) is 1. The summed E-state index contributed by atoms with van der Waals surface area (Å²) < 4.78 is 7.81. The Hall–Kier alpha value is -3.49. The second-order valence-electron chi connectivity index (χ2n) is 9.19. The Morgan fingerprint density at radius 1 is 1.11 bits per heavy atom. The van der Waals surface area contributed by atoms with Crippen LogP contribution in [0.1, 0.15) is 39.3 Å². The number of ether oxygens (including phenoxy) is 1. The first-order valence-electron chi connectivity index (χ1n) is 12.2. The molecule has 1 aliphatic rings. The first-order valence-corrected chi connectivity index (χ1v) is 13.0. The lowest BCUT2D eigenvalue weighted by molar-refractivity contribution is 0.0948. The highest BCUT2D eigenvalue weighted by Gasteiger charge is 2.26. The molecule has 0 aliphatic carbocycles. The van der Waals surface area contributed by atoms with Crippen LogP contribution in [0.4, 0.5) is 0 Å². The molecule has 4 aromatic rings. The number of nitrogens with one attached hydrogen (secondary N) is 1. The van der Waals surface area contributed by atoms with Gasteiger partial charge in [0.25, 0.3) is 11.5 Å². The maximum absolute atomic E-state index is 13.7. The van der Waals surface area contributed by atoms with E-state index < -0.39 is 0 Å². The Balaban J connectivity index is 1.53. The molecule has 1 fully saturated rings. The van der Waals surface area contributed by atoms with E-state index in [0.717, 1.165) is 24.8 Å². The van der Waals surface area contributed by atoms with Crippen molar-refractivity contribution in [3.63, 3.8) is 0 Å². The van der Waals surface area contributed by atoms with Crippen LogP contribution in [0.15, 0.2) is 59.4 Å². The van der Waals surface area contributed by atoms with Crippen molar-refractivity contribution in [1.82, 2.24) is 14.8 Å². The van der Waals surface area contributed by atoms with Crippen LogP contribution in [-0.2, 0) is 6.54 Å². The van der Waals surface area contributed by atoms with Crippen molar-refractivity contribution in [2.24, 2.45) is 0 Å². The van der Waals surface area contributed by atoms with Crippen LogP contribution in [0.2, 0.25) is 0 Å². The molecule has 3 heterocycles. The summed E-state index contributed by atoms with van der Waals surface area (Å²) in [5.41, 5.74) is 0.853. The van der Waals surface area contributed by atoms with Gasteiger partial charge in [-0.1, -0.05) is 48.5 Å². The zero-order valence-corrected chi connectivity index (χ0v) is 21.3. The topological polar surface area (TPSA) is 80.6 Å². The highest BCUT2D eigenvalue weighted by Crippen LogP contribution is 2.39. The third-order valence-electron chi connectivity index (χ3n) is 7.01. The SMILES string of the molecule is COc1c(C(=O)NCCC2CCCN2C)sc2c1c(=O)n(CC(=O)c1ccccc1)c1ccccc21. The standard InChI is InChI=1S/C28H29N3O4S/c1-30-16-8-11-19(30)14-15-29-27(33)26-24(35-2)23-25(36-26)20-12-6-7-13-21(20)31(28(23)34)17-22(32)18-9-4-3-5-10-18/h3-7,9-10,12-13,19H,8,11,14-17H2,1-2H3,(H,29,33). The third kappa shape index (κ3) is 4.42. The first-order chi connectivity index (χ1) is 17.5. The van der Waals surface area contributed by atoms with E-state index in [1.165, 1.54) is 29.4 Å². The van der Waals surface area contributed by atoms with Crippen molar-refractivity contribution in [3.8, 4) is 5.75 Å². The quantitative estimate of drug-likeness (QED) is 0.362. The van der Waals surface area contributed by atoms with Gasteiger partial charge < -0.3 is 15.0 Å². The van der Waals surface area contributed by atoms with Gasteiger partial charge in [-0.3, -0.25) is 19.0 Å². The van der Waals surface area contributed by atoms with Crippen molar-refractivity contribution in [1.29, 1.82) is 0 Å². The molecule has 1 atom stereocenters. The Labute approximate surface area is 213 Å². The lowest BCUT2D eigenvalue weighted by Crippen LogP contribution is -2.31. The van der Waals surface area contributed by atoms with Gasteiger partial charge >= 0.3 is 0 Å². The van der Waals surface area contributed by atoms with Gasteiger partial charge in [-0.05, 0) is 38.9 Å². The predicted molar refractivity (Wildman–Crippen MR) is 144 cm³/mol. The Morgan fingerprint density at radius 3 is 2.58 bits per heavy atom. The molecule has 5 rings (SSSR count). The number of carbonyl (C=O) groups is 2. The summed E-state index contributed by atoms with van der Waals surface area (Å²) in [5, 5.41) is 4.16. The molecule has 1 unspecified atom stereocenters. The van der Waals surface area contributed by atoms with Crippen molar-refractivity contribution in [3.05, 3.63) is 75.4 Å². The third-order valence-corrected chi connectivity index (χ3v) is 8.21. The summed E-state index contributed by atoms with van der Waals surface area (Å²) in [7, 11) is 3.59. The molecular formula is C28H29N3O4S. The molecule has 186 valence electrons. The molecule has 36 heavy (non-hydrogen) atoms. The fraction of sp³-hybridized carbons (Fsp3) is 0.321. The second kappa shape index (κ2) is 10.2. The van der Waals surface area contributed by atoms with Crippen molar-refractivity contribution < 1.29 is 14.3 Å². The molecule has 2 aromatic heterocycles. The lowest BCUT2D eigenvalue weighted by atomic mass is 10.1. The van der Waals surface area contributed by atoms with E-state index in [2.05, 4.69) is 17.3 Å². The summed E-state index contributed by atoms with van der Waals surface area (Å²) in [5.74, 6) is -0.141. The molecule has 7 nitrogen and oxygen atoms in total. The van der Waals surface area contributed by atoms with Gasteiger partial charge in [0, 0.05) is 23.5 Å². The number of nitrogens with zero attached hydrogens (tertiary/aromatic N) is 2. The number of aromatic nitrogens is 1. The summed E-state index contributed by atoms with van der Waals surface area (Å²) in [6.07, 6.45) is 3.21. The predicted octanol–water partition coefficient (Wildman–Crippen LogP) is 4.32. The van der Waals surface area contributed by atoms with Crippen LogP contribution in [0, 0.1) is 0 Å². The summed E-state index contributed by atoms with van der Waals surface area (Å²) >= 11 is 1.26. The monoisotopic (exact) mass is 503 g/mol. The minimum atomic E-state index is -0.340. The van der Waals surface area contributed by atoms with Crippen molar-refractivity contribution >= 4 is 44.0 Å². The van der Waals surface area contributed by atoms with E-state index in [0.29, 0.717) is 38.6 Å². The normalized spacial score (nSPS) is 16.0. The lowest BCUT2D eigenvalue weighted by Gasteiger charge is -2.19. The maximum Gasteiger partial charge on any atom is 0.265 e. The molecule has 8 heteroatoms. The smallest absolute Gasteiger partial charge is 0.265 e. The molecule has 0 spiro atoms. The number of pyridine rings is 1. The molecule has 0 saturated carbocycles. The Morgan fingerprint density at radius 2 is 1.86 bits per heavy atom. The molecular weight excluding hydrogens is 474 g/mol. The fourth-order valence-corrected chi connectivity index (χ4v) is 6.29. The summed E-state index contributed by atoms with van der Waals surface area (Å²) in [6.45, 7) is 1.55. The van der Waals surface area contributed by atoms with E-state index in [9.17, 15) is 14.4 Å². The number of hydrogen-bond donors (Lipinski definition) is 1. The van der Waals surface area contributed by atoms with Gasteiger partial charge in [-0.2, -0.15) is 0 Å². The van der Waals surface area contributed by atoms with Gasteiger partial charge in [-0.25, -0.2) is 0 Å². The maximum atomic E-state index is 13.7. The first kappa shape index (κ1) is 24.2. The van der Waals surface area contributed by atoms with Crippen LogP contribution < -0.4 is 15.6 Å². The Bertz CT molecular complexity index is 1490. The number of rotatable bonds is 8. The molecule has 0 radical (unpaired) electrons. The zero-order chi connectivity index (χ0) is 25.2. The Kier molecular flexibility index (Phi) is 6.89. The van der Waals surface area contributed by atoms with E-state index in [-0.39, 0.29) is 29.5 Å². The number of methoxy groups -OCH3 is 1. The average Bonchev–Trinajstić information content (AvgIpc) is 3.50. The molecule has 0 bridgehead atoms. The zero-order valence-electron chi connectivity index (χ0n) is 20.5. The molecule has 1 N–H and O–H groups in total. The highest BCUT2D eigenvalue weighted by molar-refractivity contribution is 7.22. The summed E-state index contributed by atoms with van der Waals surface area (Å²) in [6, 6.07) is 16.9. The second-order valence-corrected chi connectivity index (χ2v) is 10.2. The van der Waals surface area contributed by atoms with Crippen molar-refractivity contribution in [2.45, 2.75) is 31.8 Å². The number of carbonyl (C=O) groups excluding carboxylic acids is 2. The van der Waals surface area contributed by atoms with Crippen LogP contribution in [0.3, 0.4) is 0 Å². The molecule has 2 aromatic carbocycles. The average molecular weight is 504 g/mol. The largest absolute Gasteiger partial charge is 0.494 e. The van der Waals surface area contributed by atoms with E-state index in [1.54, 1.807) is 24.3 Å². The van der Waals surface area contributed by atoms with Crippen LogP contribution in [0.25, 0.3) is 21.0 Å². The number of amides is 1. The minimum Gasteiger partial charge on any atom is -0.494 e. The number of hydrogen-bond acceptors (Lipinski definition) is 6. The van der Waals surface area contributed by atoms with Crippen LogP contribution >= 0.6 is 11.3 Å². The number of para-hydroxylation sites is 1. The molecule has 1 saturated heterocycles. The highest BCUT2D eigenvalue weighted by atomic mass is 32.1. The minimum absolute atomic E-state index is 0.102. The number of fused-ring (bicyclic) bond motifs is 3. The van der Waals surface area contributed by atoms with Gasteiger partial charge in [0.1, 0.15) is 10.3 Å². The fourth-order valence-electron chi connectivity index (χ4n) is 5.08. The summed E-state index contributed by atoms with van der Waals surface area (Å²) in [4.78, 5) is 42.7. The van der Waals surface area contributed by atoms with E-state index >= 15 is 0 Å². The number of thiophene rings is 1. The van der Waals surface area contributed by atoms with Gasteiger partial charge in [0.2, 0.25) is 0 Å². The van der Waals surface area contributed by atoms with Crippen molar-refractivity contribution in [2.75, 3.05) is 27.2 Å². The number of likely N-dealkylation sites (tertiary alicyclic amines) is 1. The van der Waals surface area contributed by atoms with Gasteiger partial charge in [-0.15, -0.1) is 11.3 Å². The van der Waals surface area contributed by atoms with Crippen LogP contribution in [0.5, 0.6) is 5.75 Å². The van der Waals surface area contributed by atoms with E-state index in [1.807, 2.05) is 30.3 Å². The van der Waals surface area contributed by atoms with E-state index in [4.69, 9.17) is 4.74 Å². The molecule has 1 aliphatic heterocycles.